The SMILES string of the molecule is CCOP(=O)(Cc1c(C(C)(C)C)oc(C)c1C(=O)O)OCC. The molecule has 22 heavy (non-hydrogen) atoms. The van der Waals surface area contributed by atoms with Crippen molar-refractivity contribution in [2.24, 2.45) is 0 Å². The second-order valence-electron chi connectivity index (χ2n) is 6.00. The fourth-order valence-corrected chi connectivity index (χ4v) is 4.08. The van der Waals surface area contributed by atoms with Gasteiger partial charge in [-0.15, -0.1) is 0 Å². The Morgan fingerprint density at radius 3 is 2.09 bits per heavy atom. The molecule has 1 rings (SSSR count). The summed E-state index contributed by atoms with van der Waals surface area (Å²) in [5, 5.41) is 9.45. The largest absolute Gasteiger partial charge is 0.478 e. The third-order valence-electron chi connectivity index (χ3n) is 3.08. The summed E-state index contributed by atoms with van der Waals surface area (Å²) in [6.45, 7) is 11.2. The van der Waals surface area contributed by atoms with E-state index in [1.54, 1.807) is 20.8 Å². The van der Waals surface area contributed by atoms with Crippen LogP contribution in [0.1, 0.15) is 62.1 Å². The van der Waals surface area contributed by atoms with E-state index in [0.29, 0.717) is 17.1 Å². The number of furan rings is 1. The molecule has 6 nitrogen and oxygen atoms in total. The Labute approximate surface area is 131 Å². The average Bonchev–Trinajstić information content (AvgIpc) is 2.65. The van der Waals surface area contributed by atoms with Crippen molar-refractivity contribution >= 4 is 13.6 Å². The zero-order chi connectivity index (χ0) is 17.1. The van der Waals surface area contributed by atoms with Crippen molar-refractivity contribution < 1.29 is 27.9 Å². The molecule has 0 saturated carbocycles. The van der Waals surface area contributed by atoms with Gasteiger partial charge in [-0.3, -0.25) is 4.57 Å². The molecule has 0 radical (unpaired) electrons. The molecule has 0 unspecified atom stereocenters. The molecule has 0 aliphatic carbocycles. The molecule has 0 aliphatic heterocycles. The monoisotopic (exact) mass is 332 g/mol. The second kappa shape index (κ2) is 6.99. The Kier molecular flexibility index (Phi) is 6.02. The van der Waals surface area contributed by atoms with Gasteiger partial charge >= 0.3 is 13.6 Å². The van der Waals surface area contributed by atoms with Gasteiger partial charge in [0.05, 0.1) is 19.4 Å². The Hall–Kier alpha value is -1.10. The van der Waals surface area contributed by atoms with Crippen molar-refractivity contribution in [3.8, 4) is 0 Å². The minimum absolute atomic E-state index is 0.0459. The van der Waals surface area contributed by atoms with Gasteiger partial charge in [0.2, 0.25) is 0 Å². The van der Waals surface area contributed by atoms with Crippen LogP contribution in [0.2, 0.25) is 0 Å². The molecule has 0 amide bonds. The fraction of sp³-hybridized carbons (Fsp3) is 0.667. The van der Waals surface area contributed by atoms with Crippen LogP contribution in [0.4, 0.5) is 0 Å². The van der Waals surface area contributed by atoms with E-state index in [0.717, 1.165) is 0 Å². The number of carboxylic acid groups (broad SMARTS) is 1. The number of hydrogen-bond acceptors (Lipinski definition) is 5. The van der Waals surface area contributed by atoms with Gasteiger partial charge in [-0.1, -0.05) is 20.8 Å². The molecule has 0 saturated heterocycles. The van der Waals surface area contributed by atoms with Crippen molar-refractivity contribution in [1.29, 1.82) is 0 Å². The van der Waals surface area contributed by atoms with Gasteiger partial charge in [0.25, 0.3) is 0 Å². The van der Waals surface area contributed by atoms with Gasteiger partial charge in [-0.25, -0.2) is 4.79 Å². The normalized spacial score (nSPS) is 12.6. The molecule has 126 valence electrons. The predicted molar refractivity (Wildman–Crippen MR) is 83.7 cm³/mol. The lowest BCUT2D eigenvalue weighted by Crippen LogP contribution is -2.14. The summed E-state index contributed by atoms with van der Waals surface area (Å²) in [7, 11) is -3.41. The number of carboxylic acids is 1. The van der Waals surface area contributed by atoms with Gasteiger partial charge in [0.1, 0.15) is 17.1 Å². The molecule has 0 bridgehead atoms. The van der Waals surface area contributed by atoms with E-state index in [9.17, 15) is 14.5 Å². The summed E-state index contributed by atoms with van der Waals surface area (Å²) in [6.07, 6.45) is -0.111. The van der Waals surface area contributed by atoms with Crippen LogP contribution >= 0.6 is 7.60 Å². The summed E-state index contributed by atoms with van der Waals surface area (Å²) < 4.78 is 29.0. The lowest BCUT2D eigenvalue weighted by Gasteiger charge is -2.21. The van der Waals surface area contributed by atoms with E-state index < -0.39 is 19.0 Å². The van der Waals surface area contributed by atoms with Crippen LogP contribution in [0.3, 0.4) is 0 Å². The molecule has 0 spiro atoms. The number of rotatable bonds is 7. The molecule has 1 aromatic rings. The Bertz CT molecular complexity index is 572. The second-order valence-corrected chi connectivity index (χ2v) is 8.06. The highest BCUT2D eigenvalue weighted by atomic mass is 31.2. The third-order valence-corrected chi connectivity index (χ3v) is 5.09. The van der Waals surface area contributed by atoms with Crippen LogP contribution in [-0.2, 0) is 25.2 Å². The summed E-state index contributed by atoms with van der Waals surface area (Å²) >= 11 is 0. The highest BCUT2D eigenvalue weighted by Gasteiger charge is 2.35. The Balaban J connectivity index is 3.43. The first-order valence-electron chi connectivity index (χ1n) is 7.30. The topological polar surface area (TPSA) is 86.0 Å². The number of aromatic carboxylic acids is 1. The van der Waals surface area contributed by atoms with Gasteiger partial charge < -0.3 is 18.6 Å². The third kappa shape index (κ3) is 4.22. The van der Waals surface area contributed by atoms with Crippen molar-refractivity contribution in [3.05, 3.63) is 22.6 Å². The highest BCUT2D eigenvalue weighted by Crippen LogP contribution is 2.53. The first-order valence-corrected chi connectivity index (χ1v) is 9.02. The number of carbonyl (C=O) groups is 1. The minimum Gasteiger partial charge on any atom is -0.478 e. The molecule has 1 heterocycles. The minimum atomic E-state index is -3.41. The summed E-state index contributed by atoms with van der Waals surface area (Å²) in [5.74, 6) is -0.305. The quantitative estimate of drug-likeness (QED) is 0.747. The van der Waals surface area contributed by atoms with Gasteiger partial charge in [-0.2, -0.15) is 0 Å². The van der Waals surface area contributed by atoms with Crippen molar-refractivity contribution in [2.75, 3.05) is 13.2 Å². The zero-order valence-electron chi connectivity index (χ0n) is 14.1. The summed E-state index contributed by atoms with van der Waals surface area (Å²) in [4.78, 5) is 11.6. The van der Waals surface area contributed by atoms with Crippen LogP contribution in [0.5, 0.6) is 0 Å². The van der Waals surface area contributed by atoms with Gasteiger partial charge in [0, 0.05) is 11.0 Å². The molecule has 1 aromatic heterocycles. The molecule has 7 heteroatoms. The van der Waals surface area contributed by atoms with Crippen molar-refractivity contribution in [3.63, 3.8) is 0 Å². The number of hydrogen-bond donors (Lipinski definition) is 1. The van der Waals surface area contributed by atoms with Crippen LogP contribution in [-0.4, -0.2) is 24.3 Å². The average molecular weight is 332 g/mol. The highest BCUT2D eigenvalue weighted by molar-refractivity contribution is 7.53. The maximum Gasteiger partial charge on any atom is 0.339 e. The molecule has 0 aliphatic rings. The van der Waals surface area contributed by atoms with E-state index in [2.05, 4.69) is 0 Å². The maximum atomic E-state index is 12.8. The molecule has 0 aromatic carbocycles. The van der Waals surface area contributed by atoms with Gasteiger partial charge in [0.15, 0.2) is 0 Å². The van der Waals surface area contributed by atoms with Gasteiger partial charge in [-0.05, 0) is 20.8 Å². The zero-order valence-corrected chi connectivity index (χ0v) is 15.0. The predicted octanol–water partition coefficient (Wildman–Crippen LogP) is 4.35. The first-order chi connectivity index (χ1) is 10.1. The maximum absolute atomic E-state index is 12.8. The van der Waals surface area contributed by atoms with E-state index in [-0.39, 0.29) is 24.9 Å². The molecule has 0 fully saturated rings. The molecular weight excluding hydrogens is 307 g/mol. The molecular formula is C15H25O6P. The molecule has 1 N–H and O–H groups in total. The van der Waals surface area contributed by atoms with E-state index in [4.69, 9.17) is 13.5 Å². The Morgan fingerprint density at radius 2 is 1.73 bits per heavy atom. The number of aryl methyl sites for hydroxylation is 1. The summed E-state index contributed by atoms with van der Waals surface area (Å²) in [6, 6.07) is 0. The van der Waals surface area contributed by atoms with E-state index in [1.165, 1.54) is 0 Å². The van der Waals surface area contributed by atoms with Crippen molar-refractivity contribution in [1.82, 2.24) is 0 Å². The lowest BCUT2D eigenvalue weighted by molar-refractivity contribution is 0.0694. The van der Waals surface area contributed by atoms with Crippen LogP contribution < -0.4 is 0 Å². The summed E-state index contributed by atoms with van der Waals surface area (Å²) in [5.41, 5.74) is 0.0177. The fourth-order valence-electron chi connectivity index (χ4n) is 2.34. The van der Waals surface area contributed by atoms with Crippen LogP contribution in [0.25, 0.3) is 0 Å². The van der Waals surface area contributed by atoms with E-state index in [1.807, 2.05) is 20.8 Å². The van der Waals surface area contributed by atoms with Crippen molar-refractivity contribution in [2.45, 2.75) is 53.1 Å². The standard InChI is InChI=1S/C15H25O6P/c1-7-19-22(18,20-8-2)9-11-12(14(16)17)10(3)21-13(11)15(4,5)6/h7-9H2,1-6H3,(H,16,17). The van der Waals surface area contributed by atoms with Crippen LogP contribution in [0.15, 0.2) is 4.42 Å². The smallest absolute Gasteiger partial charge is 0.339 e. The molecule has 0 atom stereocenters. The Morgan fingerprint density at radius 1 is 1.23 bits per heavy atom. The first kappa shape index (κ1) is 18.9. The van der Waals surface area contributed by atoms with E-state index >= 15 is 0 Å². The lowest BCUT2D eigenvalue weighted by atomic mass is 9.90. The van der Waals surface area contributed by atoms with Crippen LogP contribution in [0, 0.1) is 6.92 Å².